The summed E-state index contributed by atoms with van der Waals surface area (Å²) in [5, 5.41) is 5.69. The predicted molar refractivity (Wildman–Crippen MR) is 66.8 cm³/mol. The highest BCUT2D eigenvalue weighted by Crippen LogP contribution is 2.31. The monoisotopic (exact) mass is 228 g/mol. The molecule has 3 rings (SSSR count). The molecule has 0 saturated heterocycles. The van der Waals surface area contributed by atoms with E-state index in [0.717, 1.165) is 30.5 Å². The zero-order valence-electron chi connectivity index (χ0n) is 10.0. The van der Waals surface area contributed by atoms with Crippen LogP contribution in [0.4, 0.5) is 0 Å². The van der Waals surface area contributed by atoms with Gasteiger partial charge in [-0.15, -0.1) is 0 Å². The smallest absolute Gasteiger partial charge is 0.136 e. The van der Waals surface area contributed by atoms with Gasteiger partial charge in [0.15, 0.2) is 0 Å². The Hall–Kier alpha value is -1.64. The van der Waals surface area contributed by atoms with Crippen LogP contribution in [-0.4, -0.2) is 15.6 Å². The molecule has 0 radical (unpaired) electrons. The molecule has 1 saturated carbocycles. The summed E-state index contributed by atoms with van der Waals surface area (Å²) in [4.78, 5) is 11.7. The van der Waals surface area contributed by atoms with Crippen molar-refractivity contribution in [3.05, 3.63) is 30.0 Å². The van der Waals surface area contributed by atoms with Gasteiger partial charge in [-0.2, -0.15) is 5.10 Å². The molecule has 17 heavy (non-hydrogen) atoms. The Kier molecular flexibility index (Phi) is 2.46. The molecule has 1 aromatic carbocycles. The Morgan fingerprint density at radius 3 is 2.94 bits per heavy atom. The van der Waals surface area contributed by atoms with Crippen LogP contribution in [-0.2, 0) is 18.3 Å². The molecule has 3 heteroatoms. The first-order valence-electron chi connectivity index (χ1n) is 6.19. The molecule has 1 aliphatic rings. The van der Waals surface area contributed by atoms with Gasteiger partial charge in [0.05, 0.1) is 11.2 Å². The Bertz CT molecular complexity index is 567. The molecule has 1 aromatic heterocycles. The van der Waals surface area contributed by atoms with E-state index in [2.05, 4.69) is 17.2 Å². The van der Waals surface area contributed by atoms with Gasteiger partial charge in [-0.05, 0) is 25.3 Å². The van der Waals surface area contributed by atoms with Crippen molar-refractivity contribution < 1.29 is 4.79 Å². The first kappa shape index (κ1) is 10.5. The zero-order chi connectivity index (χ0) is 11.8. The summed E-state index contributed by atoms with van der Waals surface area (Å²) < 4.78 is 1.90. The van der Waals surface area contributed by atoms with Crippen LogP contribution in [0.1, 0.15) is 25.0 Å². The molecule has 0 unspecified atom stereocenters. The first-order valence-corrected chi connectivity index (χ1v) is 6.19. The topological polar surface area (TPSA) is 34.9 Å². The Labute approximate surface area is 100 Å². The van der Waals surface area contributed by atoms with E-state index in [1.807, 2.05) is 23.9 Å². The summed E-state index contributed by atoms with van der Waals surface area (Å²) in [6.07, 6.45) is 3.62. The molecule has 3 nitrogen and oxygen atoms in total. The predicted octanol–water partition coefficient (Wildman–Crippen LogP) is 2.49. The van der Waals surface area contributed by atoms with Crippen molar-refractivity contribution in [1.82, 2.24) is 9.78 Å². The van der Waals surface area contributed by atoms with Gasteiger partial charge in [0.1, 0.15) is 5.78 Å². The molecule has 88 valence electrons. The summed E-state index contributed by atoms with van der Waals surface area (Å²) in [6, 6.07) is 8.19. The third-order valence-electron chi connectivity index (χ3n) is 3.48. The minimum Gasteiger partial charge on any atom is -0.299 e. The van der Waals surface area contributed by atoms with E-state index >= 15 is 0 Å². The van der Waals surface area contributed by atoms with Crippen LogP contribution in [0.25, 0.3) is 10.9 Å². The van der Waals surface area contributed by atoms with Crippen LogP contribution in [0.5, 0.6) is 0 Å². The minimum absolute atomic E-state index is 0.366. The second-order valence-electron chi connectivity index (χ2n) is 4.83. The van der Waals surface area contributed by atoms with Gasteiger partial charge in [-0.1, -0.05) is 18.2 Å². The van der Waals surface area contributed by atoms with Crippen LogP contribution in [0.3, 0.4) is 0 Å². The van der Waals surface area contributed by atoms with E-state index in [1.54, 1.807) is 0 Å². The number of nitrogens with zero attached hydrogens (tertiary/aromatic N) is 2. The van der Waals surface area contributed by atoms with Crippen molar-refractivity contribution in [2.45, 2.75) is 25.7 Å². The van der Waals surface area contributed by atoms with Crippen LogP contribution >= 0.6 is 0 Å². The quantitative estimate of drug-likeness (QED) is 0.805. The van der Waals surface area contributed by atoms with Gasteiger partial charge in [0, 0.05) is 24.8 Å². The van der Waals surface area contributed by atoms with Crippen molar-refractivity contribution in [2.75, 3.05) is 0 Å². The highest BCUT2D eigenvalue weighted by atomic mass is 16.1. The number of hydrogen-bond donors (Lipinski definition) is 0. The third-order valence-corrected chi connectivity index (χ3v) is 3.48. The second-order valence-corrected chi connectivity index (χ2v) is 4.83. The number of rotatable bonds is 4. The summed E-state index contributed by atoms with van der Waals surface area (Å²) in [7, 11) is 1.95. The Balaban J connectivity index is 1.82. The zero-order valence-corrected chi connectivity index (χ0v) is 10.0. The number of carbonyl (C=O) groups is 1. The largest absolute Gasteiger partial charge is 0.299 e. The standard InChI is InChI=1S/C14H16N2O/c1-16-13-5-3-2-4-11(13)12(15-16)8-9-14(17)10-6-7-10/h2-5,10H,6-9H2,1H3. The van der Waals surface area contributed by atoms with E-state index in [0.29, 0.717) is 18.1 Å². The summed E-state index contributed by atoms with van der Waals surface area (Å²) >= 11 is 0. The maximum Gasteiger partial charge on any atom is 0.136 e. The lowest BCUT2D eigenvalue weighted by Crippen LogP contribution is -2.03. The lowest BCUT2D eigenvalue weighted by atomic mass is 10.1. The third kappa shape index (κ3) is 1.97. The van der Waals surface area contributed by atoms with E-state index in [4.69, 9.17) is 0 Å². The lowest BCUT2D eigenvalue weighted by Gasteiger charge is -1.96. The molecular formula is C14H16N2O. The molecule has 0 amide bonds. The fourth-order valence-electron chi connectivity index (χ4n) is 2.32. The molecule has 0 bridgehead atoms. The number of aromatic nitrogens is 2. The highest BCUT2D eigenvalue weighted by molar-refractivity contribution is 5.85. The molecule has 0 aliphatic heterocycles. The van der Waals surface area contributed by atoms with Crippen LogP contribution in [0.2, 0.25) is 0 Å². The lowest BCUT2D eigenvalue weighted by molar-refractivity contribution is -0.120. The Morgan fingerprint density at radius 1 is 1.41 bits per heavy atom. The molecular weight excluding hydrogens is 212 g/mol. The number of fused-ring (bicyclic) bond motifs is 1. The van der Waals surface area contributed by atoms with Crippen LogP contribution in [0.15, 0.2) is 24.3 Å². The van der Waals surface area contributed by atoms with Crippen molar-refractivity contribution in [3.63, 3.8) is 0 Å². The minimum atomic E-state index is 0.366. The van der Waals surface area contributed by atoms with Gasteiger partial charge >= 0.3 is 0 Å². The maximum absolute atomic E-state index is 11.7. The molecule has 0 atom stereocenters. The maximum atomic E-state index is 11.7. The van der Waals surface area contributed by atoms with Gasteiger partial charge in [0.2, 0.25) is 0 Å². The molecule has 1 fully saturated rings. The summed E-state index contributed by atoms with van der Waals surface area (Å²) in [6.45, 7) is 0. The number of carbonyl (C=O) groups excluding carboxylic acids is 1. The second kappa shape index (κ2) is 3.99. The molecule has 2 aromatic rings. The van der Waals surface area contributed by atoms with Crippen molar-refractivity contribution in [1.29, 1.82) is 0 Å². The first-order chi connectivity index (χ1) is 8.25. The number of aryl methyl sites for hydroxylation is 2. The summed E-state index contributed by atoms with van der Waals surface area (Å²) in [5.41, 5.74) is 2.19. The van der Waals surface area contributed by atoms with Crippen LogP contribution < -0.4 is 0 Å². The van der Waals surface area contributed by atoms with Crippen molar-refractivity contribution >= 4 is 16.7 Å². The number of Topliss-reactive ketones (excluding diaryl/α,β-unsaturated/α-hetero) is 1. The fourth-order valence-corrected chi connectivity index (χ4v) is 2.32. The number of ketones is 1. The number of hydrogen-bond acceptors (Lipinski definition) is 2. The van der Waals surface area contributed by atoms with E-state index in [1.165, 1.54) is 5.39 Å². The van der Waals surface area contributed by atoms with Gasteiger partial charge < -0.3 is 0 Å². The fraction of sp³-hybridized carbons (Fsp3) is 0.429. The van der Waals surface area contributed by atoms with Crippen LogP contribution in [0, 0.1) is 5.92 Å². The number of benzene rings is 1. The van der Waals surface area contributed by atoms with Gasteiger partial charge in [0.25, 0.3) is 0 Å². The molecule has 1 heterocycles. The number of para-hydroxylation sites is 1. The van der Waals surface area contributed by atoms with Gasteiger partial charge in [-0.3, -0.25) is 9.48 Å². The average molecular weight is 228 g/mol. The molecule has 1 aliphatic carbocycles. The molecule has 0 N–H and O–H groups in total. The highest BCUT2D eigenvalue weighted by Gasteiger charge is 2.28. The van der Waals surface area contributed by atoms with E-state index in [-0.39, 0.29) is 0 Å². The van der Waals surface area contributed by atoms with Crippen molar-refractivity contribution in [2.24, 2.45) is 13.0 Å². The molecule has 0 spiro atoms. The van der Waals surface area contributed by atoms with E-state index < -0.39 is 0 Å². The van der Waals surface area contributed by atoms with Gasteiger partial charge in [-0.25, -0.2) is 0 Å². The Morgan fingerprint density at radius 2 is 2.18 bits per heavy atom. The van der Waals surface area contributed by atoms with E-state index in [9.17, 15) is 4.79 Å². The van der Waals surface area contributed by atoms with Crippen molar-refractivity contribution in [3.8, 4) is 0 Å². The summed E-state index contributed by atoms with van der Waals surface area (Å²) in [5.74, 6) is 0.782. The average Bonchev–Trinajstić information content (AvgIpc) is 3.14. The normalized spacial score (nSPS) is 15.4. The SMILES string of the molecule is Cn1nc(CCC(=O)C2CC2)c2ccccc21.